The Kier molecular flexibility index (Phi) is 3.42. The van der Waals surface area contributed by atoms with Crippen LogP contribution in [0.2, 0.25) is 0 Å². The van der Waals surface area contributed by atoms with Crippen LogP contribution in [0.15, 0.2) is 46.9 Å². The Labute approximate surface area is 140 Å². The topological polar surface area (TPSA) is 88.8 Å². The summed E-state index contributed by atoms with van der Waals surface area (Å²) in [6, 6.07) is 10.3. The van der Waals surface area contributed by atoms with Crippen molar-refractivity contribution in [1.82, 2.24) is 0 Å². The highest BCUT2D eigenvalue weighted by Crippen LogP contribution is 2.30. The fraction of sp³-hybridized carbons (Fsp3) is 0.111. The molecule has 6 nitrogen and oxygen atoms in total. The Bertz CT molecular complexity index is 1010. The lowest BCUT2D eigenvalue weighted by molar-refractivity contribution is -0.122. The van der Waals surface area contributed by atoms with Gasteiger partial charge < -0.3 is 19.6 Å². The van der Waals surface area contributed by atoms with Crippen LogP contribution in [0.25, 0.3) is 11.0 Å². The average molecular weight is 341 g/mol. The third kappa shape index (κ3) is 2.80. The molecule has 0 saturated carbocycles. The highest BCUT2D eigenvalue weighted by molar-refractivity contribution is 5.98. The lowest BCUT2D eigenvalue weighted by Crippen LogP contribution is -2.31. The van der Waals surface area contributed by atoms with E-state index in [0.29, 0.717) is 28.0 Å². The Morgan fingerprint density at radius 1 is 1.16 bits per heavy atom. The number of hydrogen-bond acceptors (Lipinski definition) is 4. The zero-order valence-electron chi connectivity index (χ0n) is 12.8. The van der Waals surface area contributed by atoms with Crippen molar-refractivity contribution < 1.29 is 28.2 Å². The second-order valence-corrected chi connectivity index (χ2v) is 5.72. The van der Waals surface area contributed by atoms with Gasteiger partial charge in [0.2, 0.25) is 5.76 Å². The summed E-state index contributed by atoms with van der Waals surface area (Å²) in [6.45, 7) is 0. The maximum Gasteiger partial charge on any atom is 0.371 e. The maximum absolute atomic E-state index is 13.2. The van der Waals surface area contributed by atoms with Crippen molar-refractivity contribution in [1.29, 1.82) is 0 Å². The predicted molar refractivity (Wildman–Crippen MR) is 86.3 cm³/mol. The molecule has 1 aromatic heterocycles. The fourth-order valence-corrected chi connectivity index (χ4v) is 2.81. The number of anilines is 1. The molecule has 1 aliphatic heterocycles. The molecule has 7 heteroatoms. The molecule has 4 rings (SSSR count). The minimum atomic E-state index is -1.16. The number of hydrogen-bond donors (Lipinski definition) is 2. The van der Waals surface area contributed by atoms with Gasteiger partial charge >= 0.3 is 5.97 Å². The molecule has 126 valence electrons. The first kappa shape index (κ1) is 15.2. The number of fused-ring (bicyclic) bond motifs is 2. The highest BCUT2D eigenvalue weighted by atomic mass is 19.1. The number of amides is 1. The molecule has 0 saturated heterocycles. The van der Waals surface area contributed by atoms with E-state index in [9.17, 15) is 14.0 Å². The molecule has 2 N–H and O–H groups in total. The summed E-state index contributed by atoms with van der Waals surface area (Å²) in [5, 5.41) is 12.2. The molecule has 3 aromatic rings. The summed E-state index contributed by atoms with van der Waals surface area (Å²) in [4.78, 5) is 23.3. The van der Waals surface area contributed by atoms with Crippen LogP contribution in [-0.2, 0) is 11.2 Å². The molecule has 1 atom stereocenters. The van der Waals surface area contributed by atoms with E-state index in [0.717, 1.165) is 0 Å². The molecule has 1 unspecified atom stereocenters. The zero-order chi connectivity index (χ0) is 17.6. The van der Waals surface area contributed by atoms with Crippen molar-refractivity contribution in [2.45, 2.75) is 12.5 Å². The Morgan fingerprint density at radius 2 is 2.00 bits per heavy atom. The summed E-state index contributed by atoms with van der Waals surface area (Å²) in [5.74, 6) is -1.57. The molecule has 25 heavy (non-hydrogen) atoms. The van der Waals surface area contributed by atoms with Gasteiger partial charge in [-0.1, -0.05) is 0 Å². The number of rotatable bonds is 3. The molecule has 0 fully saturated rings. The summed E-state index contributed by atoms with van der Waals surface area (Å²) in [7, 11) is 0. The van der Waals surface area contributed by atoms with Crippen LogP contribution >= 0.6 is 0 Å². The van der Waals surface area contributed by atoms with Gasteiger partial charge in [-0.05, 0) is 42.5 Å². The third-order valence-electron chi connectivity index (χ3n) is 3.98. The molecular weight excluding hydrogens is 329 g/mol. The van der Waals surface area contributed by atoms with E-state index in [1.54, 1.807) is 18.2 Å². The van der Waals surface area contributed by atoms with E-state index in [2.05, 4.69) is 5.32 Å². The van der Waals surface area contributed by atoms with Crippen molar-refractivity contribution in [2.24, 2.45) is 0 Å². The molecule has 0 aliphatic carbocycles. The largest absolute Gasteiger partial charge is 0.480 e. The second-order valence-electron chi connectivity index (χ2n) is 5.72. The number of benzene rings is 2. The summed E-state index contributed by atoms with van der Waals surface area (Å²) >= 11 is 0. The van der Waals surface area contributed by atoms with E-state index in [-0.39, 0.29) is 23.9 Å². The lowest BCUT2D eigenvalue weighted by atomic mass is 10.1. The van der Waals surface area contributed by atoms with E-state index in [4.69, 9.17) is 14.3 Å². The summed E-state index contributed by atoms with van der Waals surface area (Å²) in [6.07, 6.45) is -0.456. The Hall–Kier alpha value is -3.35. The molecule has 0 spiro atoms. The minimum absolute atomic E-state index is 0.171. The standard InChI is InChI=1S/C18H12FNO5/c19-11-1-3-13-9(5-11)7-15(24-13)17(21)20-12-2-4-14-10(6-12)8-16(25-14)18(22)23/h1-6,8,15H,7H2,(H,20,21)(H,22,23). The van der Waals surface area contributed by atoms with Crippen LogP contribution in [0.1, 0.15) is 16.1 Å². The van der Waals surface area contributed by atoms with Crippen LogP contribution in [0.3, 0.4) is 0 Å². The van der Waals surface area contributed by atoms with Gasteiger partial charge in [0.25, 0.3) is 5.91 Å². The van der Waals surface area contributed by atoms with Gasteiger partial charge in [-0.15, -0.1) is 0 Å². The van der Waals surface area contributed by atoms with Gasteiger partial charge in [-0.3, -0.25) is 4.79 Å². The average Bonchev–Trinajstić information content (AvgIpc) is 3.17. The Morgan fingerprint density at radius 3 is 2.80 bits per heavy atom. The number of furan rings is 1. The van der Waals surface area contributed by atoms with Crippen molar-refractivity contribution >= 4 is 28.5 Å². The van der Waals surface area contributed by atoms with Gasteiger partial charge in [0, 0.05) is 23.1 Å². The van der Waals surface area contributed by atoms with Crippen molar-refractivity contribution in [3.05, 3.63) is 59.6 Å². The van der Waals surface area contributed by atoms with Crippen LogP contribution < -0.4 is 10.1 Å². The number of aromatic carboxylic acids is 1. The Balaban J connectivity index is 1.51. The van der Waals surface area contributed by atoms with Gasteiger partial charge in [0.15, 0.2) is 6.10 Å². The first-order valence-corrected chi connectivity index (χ1v) is 7.52. The normalized spacial score (nSPS) is 15.6. The molecule has 2 aromatic carbocycles. The third-order valence-corrected chi connectivity index (χ3v) is 3.98. The van der Waals surface area contributed by atoms with E-state index >= 15 is 0 Å². The molecule has 0 bridgehead atoms. The summed E-state index contributed by atoms with van der Waals surface area (Å²) < 4.78 is 24.0. The fourth-order valence-electron chi connectivity index (χ4n) is 2.81. The molecule has 1 amide bonds. The SMILES string of the molecule is O=C(O)c1cc2cc(NC(=O)C3Cc4cc(F)ccc4O3)ccc2o1. The lowest BCUT2D eigenvalue weighted by Gasteiger charge is -2.11. The van der Waals surface area contributed by atoms with Crippen LogP contribution in [0.5, 0.6) is 5.75 Å². The maximum atomic E-state index is 13.2. The van der Waals surface area contributed by atoms with Gasteiger partial charge in [0.05, 0.1) is 0 Å². The van der Waals surface area contributed by atoms with E-state index in [1.165, 1.54) is 24.3 Å². The molecule has 1 aliphatic rings. The van der Waals surface area contributed by atoms with Gasteiger partial charge in [0.1, 0.15) is 17.1 Å². The number of carboxylic acid groups (broad SMARTS) is 1. The molecule has 0 radical (unpaired) electrons. The van der Waals surface area contributed by atoms with Crippen LogP contribution in [-0.4, -0.2) is 23.1 Å². The van der Waals surface area contributed by atoms with Crippen LogP contribution in [0.4, 0.5) is 10.1 Å². The minimum Gasteiger partial charge on any atom is -0.480 e. The molecular formula is C18H12FNO5. The molecule has 2 heterocycles. The van der Waals surface area contributed by atoms with Crippen LogP contribution in [0, 0.1) is 5.82 Å². The second kappa shape index (κ2) is 5.62. The number of ether oxygens (including phenoxy) is 1. The smallest absolute Gasteiger partial charge is 0.371 e. The van der Waals surface area contributed by atoms with Crippen molar-refractivity contribution in [3.63, 3.8) is 0 Å². The number of carboxylic acids is 1. The first-order chi connectivity index (χ1) is 12.0. The monoisotopic (exact) mass is 341 g/mol. The van der Waals surface area contributed by atoms with E-state index < -0.39 is 12.1 Å². The number of nitrogens with one attached hydrogen (secondary N) is 1. The summed E-state index contributed by atoms with van der Waals surface area (Å²) in [5.41, 5.74) is 1.55. The number of halogens is 1. The van der Waals surface area contributed by atoms with Crippen molar-refractivity contribution in [3.8, 4) is 5.75 Å². The van der Waals surface area contributed by atoms with Gasteiger partial charge in [-0.2, -0.15) is 0 Å². The van der Waals surface area contributed by atoms with E-state index in [1.807, 2.05) is 0 Å². The zero-order valence-corrected chi connectivity index (χ0v) is 12.8. The van der Waals surface area contributed by atoms with Gasteiger partial charge in [-0.25, -0.2) is 9.18 Å². The predicted octanol–water partition coefficient (Wildman–Crippen LogP) is 3.21. The highest BCUT2D eigenvalue weighted by Gasteiger charge is 2.29. The van der Waals surface area contributed by atoms with Crippen molar-refractivity contribution in [2.75, 3.05) is 5.32 Å². The number of carbonyl (C=O) groups is 2. The first-order valence-electron chi connectivity index (χ1n) is 7.52. The number of carbonyl (C=O) groups excluding carboxylic acids is 1. The quantitative estimate of drug-likeness (QED) is 0.764.